The number of ether oxygens (including phenoxy) is 1. The molecule has 4 aliphatic rings. The van der Waals surface area contributed by atoms with Crippen LogP contribution in [-0.2, 0) is 9.53 Å². The third-order valence-electron chi connectivity index (χ3n) is 7.37. The molecule has 6 rings (SSSR count). The molecule has 0 aromatic heterocycles. The van der Waals surface area contributed by atoms with Gasteiger partial charge in [-0.3, -0.25) is 0 Å². The maximum Gasteiger partial charge on any atom is 0.330 e. The summed E-state index contributed by atoms with van der Waals surface area (Å²) < 4.78 is 6.47. The van der Waals surface area contributed by atoms with Crippen LogP contribution in [0, 0.1) is 23.7 Å². The second-order valence-corrected chi connectivity index (χ2v) is 10.2. The molecule has 2 aromatic rings. The highest BCUT2D eigenvalue weighted by Gasteiger charge is 2.63. The van der Waals surface area contributed by atoms with E-state index in [2.05, 4.69) is 67.2 Å². The first kappa shape index (κ1) is 19.0. The molecule has 0 radical (unpaired) electrons. The smallest absolute Gasteiger partial charge is 0.330 e. The van der Waals surface area contributed by atoms with E-state index in [0.29, 0.717) is 11.8 Å². The van der Waals surface area contributed by atoms with Crippen LogP contribution in [0.5, 0.6) is 0 Å². The number of hydrogen-bond donors (Lipinski definition) is 0. The maximum atomic E-state index is 12.6. The molecule has 0 saturated heterocycles. The summed E-state index contributed by atoms with van der Waals surface area (Å²) in [6, 6.07) is 21.2. The van der Waals surface area contributed by atoms with E-state index in [1.165, 1.54) is 48.6 Å². The van der Waals surface area contributed by atoms with Gasteiger partial charge in [0.25, 0.3) is 0 Å². The fourth-order valence-electron chi connectivity index (χ4n) is 6.47. The number of esters is 1. The van der Waals surface area contributed by atoms with Crippen molar-refractivity contribution in [2.24, 2.45) is 23.7 Å². The summed E-state index contributed by atoms with van der Waals surface area (Å²) in [5.41, 5.74) is 0.797. The largest absolute Gasteiger partial charge is 0.454 e. The highest BCUT2D eigenvalue weighted by Crippen LogP contribution is 2.65. The van der Waals surface area contributed by atoms with Gasteiger partial charge in [0.1, 0.15) is 5.60 Å². The van der Waals surface area contributed by atoms with Crippen molar-refractivity contribution < 1.29 is 9.53 Å². The molecule has 0 N–H and O–H groups in total. The van der Waals surface area contributed by atoms with Crippen LogP contribution >= 0.6 is 11.8 Å². The highest BCUT2D eigenvalue weighted by molar-refractivity contribution is 7.99. The Labute approximate surface area is 177 Å². The van der Waals surface area contributed by atoms with Gasteiger partial charge >= 0.3 is 5.97 Å². The van der Waals surface area contributed by atoms with Crippen LogP contribution in [0.2, 0.25) is 0 Å². The van der Waals surface area contributed by atoms with Gasteiger partial charge in [-0.05, 0) is 61.6 Å². The van der Waals surface area contributed by atoms with Crippen molar-refractivity contribution in [1.29, 1.82) is 0 Å². The predicted octanol–water partition coefficient (Wildman–Crippen LogP) is 6.44. The normalized spacial score (nSPS) is 33.2. The van der Waals surface area contributed by atoms with E-state index in [-0.39, 0.29) is 11.2 Å². The Morgan fingerprint density at radius 1 is 0.931 bits per heavy atom. The zero-order chi connectivity index (χ0) is 19.8. The van der Waals surface area contributed by atoms with Crippen molar-refractivity contribution in [3.05, 3.63) is 78.9 Å². The van der Waals surface area contributed by atoms with Gasteiger partial charge in [-0.1, -0.05) is 55.1 Å². The molecule has 2 aromatic carbocycles. The van der Waals surface area contributed by atoms with Gasteiger partial charge < -0.3 is 4.74 Å². The molecule has 4 bridgehead atoms. The van der Waals surface area contributed by atoms with E-state index in [0.717, 1.165) is 11.8 Å². The van der Waals surface area contributed by atoms with Gasteiger partial charge in [0.15, 0.2) is 0 Å². The fraction of sp³-hybridized carbons (Fsp3) is 0.423. The lowest BCUT2D eigenvalue weighted by atomic mass is 9.48. The Morgan fingerprint density at radius 2 is 1.48 bits per heavy atom. The molecule has 29 heavy (non-hydrogen) atoms. The molecule has 2 nitrogen and oxygen atoms in total. The molecule has 1 unspecified atom stereocenters. The minimum Gasteiger partial charge on any atom is -0.454 e. The van der Waals surface area contributed by atoms with Crippen LogP contribution in [0.1, 0.15) is 42.9 Å². The van der Waals surface area contributed by atoms with Crippen molar-refractivity contribution in [2.75, 3.05) is 0 Å². The highest BCUT2D eigenvalue weighted by atomic mass is 32.2. The summed E-state index contributed by atoms with van der Waals surface area (Å²) >= 11 is 1.86. The summed E-state index contributed by atoms with van der Waals surface area (Å²) in [4.78, 5) is 13.9. The first-order valence-corrected chi connectivity index (χ1v) is 11.7. The SMILES string of the molecule is C=CC(=O)OC1(C(Sc2ccccc2)c2ccccc2)C2CC3CC(C2)CC1C3. The Hall–Kier alpha value is -2.00. The molecular weight excluding hydrogens is 376 g/mol. The second kappa shape index (κ2) is 7.68. The quantitative estimate of drug-likeness (QED) is 0.315. The third-order valence-corrected chi connectivity index (χ3v) is 8.79. The molecular formula is C26H28O2S. The molecule has 4 aliphatic carbocycles. The zero-order valence-electron chi connectivity index (χ0n) is 16.7. The van der Waals surface area contributed by atoms with Gasteiger partial charge in [-0.15, -0.1) is 11.8 Å². The zero-order valence-corrected chi connectivity index (χ0v) is 17.5. The van der Waals surface area contributed by atoms with E-state index in [9.17, 15) is 4.79 Å². The lowest BCUT2D eigenvalue weighted by Gasteiger charge is -2.62. The Balaban J connectivity index is 1.63. The van der Waals surface area contributed by atoms with Gasteiger partial charge in [-0.25, -0.2) is 4.79 Å². The van der Waals surface area contributed by atoms with E-state index in [1.807, 2.05) is 11.8 Å². The van der Waals surface area contributed by atoms with E-state index in [1.54, 1.807) is 0 Å². The molecule has 1 atom stereocenters. The van der Waals surface area contributed by atoms with Gasteiger partial charge in [-0.2, -0.15) is 0 Å². The van der Waals surface area contributed by atoms with Crippen molar-refractivity contribution in [2.45, 2.75) is 47.9 Å². The van der Waals surface area contributed by atoms with Crippen LogP contribution in [0.25, 0.3) is 0 Å². The van der Waals surface area contributed by atoms with Crippen LogP contribution < -0.4 is 0 Å². The summed E-state index contributed by atoms with van der Waals surface area (Å²) in [5, 5.41) is 0.0880. The molecule has 4 fully saturated rings. The topological polar surface area (TPSA) is 26.3 Å². The molecule has 0 aliphatic heterocycles. The number of rotatable bonds is 6. The lowest BCUT2D eigenvalue weighted by Crippen LogP contribution is -2.61. The van der Waals surface area contributed by atoms with Crippen molar-refractivity contribution >= 4 is 17.7 Å². The molecule has 4 saturated carbocycles. The van der Waals surface area contributed by atoms with Gasteiger partial charge in [0, 0.05) is 22.8 Å². The Morgan fingerprint density at radius 3 is 2.03 bits per heavy atom. The molecule has 0 amide bonds. The summed E-state index contributed by atoms with van der Waals surface area (Å²) in [7, 11) is 0. The molecule has 150 valence electrons. The van der Waals surface area contributed by atoms with E-state index in [4.69, 9.17) is 4.74 Å². The summed E-state index contributed by atoms with van der Waals surface area (Å²) in [6.45, 7) is 3.71. The molecule has 0 spiro atoms. The lowest BCUT2D eigenvalue weighted by molar-refractivity contribution is -0.206. The standard InChI is InChI=1S/C26H28O2S/c1-2-24(27)28-26(21-14-18-13-19(16-21)17-22(26)15-18)25(20-9-5-3-6-10-20)29-23-11-7-4-8-12-23/h2-12,18-19,21-22,25H,1,13-17H2. The van der Waals surface area contributed by atoms with Gasteiger partial charge in [0.2, 0.25) is 0 Å². The first-order chi connectivity index (χ1) is 14.2. The number of carbonyl (C=O) groups excluding carboxylic acids is 1. The number of hydrogen-bond acceptors (Lipinski definition) is 3. The number of thioether (sulfide) groups is 1. The molecule has 3 heteroatoms. The average Bonchev–Trinajstić information content (AvgIpc) is 2.75. The third kappa shape index (κ3) is 3.34. The first-order valence-electron chi connectivity index (χ1n) is 10.8. The maximum absolute atomic E-state index is 12.6. The summed E-state index contributed by atoms with van der Waals surface area (Å²) in [5.74, 6) is 2.22. The Bertz CT molecular complexity index is 848. The van der Waals surface area contributed by atoms with Crippen molar-refractivity contribution in [1.82, 2.24) is 0 Å². The Kier molecular flexibility index (Phi) is 5.03. The van der Waals surface area contributed by atoms with E-state index < -0.39 is 5.60 Å². The fourth-order valence-corrected chi connectivity index (χ4v) is 7.97. The van der Waals surface area contributed by atoms with Crippen molar-refractivity contribution in [3.8, 4) is 0 Å². The van der Waals surface area contributed by atoms with E-state index >= 15 is 0 Å². The number of benzene rings is 2. The predicted molar refractivity (Wildman–Crippen MR) is 118 cm³/mol. The monoisotopic (exact) mass is 404 g/mol. The number of carbonyl (C=O) groups is 1. The van der Waals surface area contributed by atoms with Crippen molar-refractivity contribution in [3.63, 3.8) is 0 Å². The second-order valence-electron chi connectivity index (χ2n) is 9.00. The average molecular weight is 405 g/mol. The minimum absolute atomic E-state index is 0.0880. The van der Waals surface area contributed by atoms with Crippen LogP contribution in [0.3, 0.4) is 0 Å². The summed E-state index contributed by atoms with van der Waals surface area (Å²) in [6.07, 6.45) is 7.49. The van der Waals surface area contributed by atoms with Crippen LogP contribution in [0.15, 0.2) is 78.2 Å². The van der Waals surface area contributed by atoms with Crippen LogP contribution in [-0.4, -0.2) is 11.6 Å². The molecule has 0 heterocycles. The van der Waals surface area contributed by atoms with Gasteiger partial charge in [0.05, 0.1) is 5.25 Å². The minimum atomic E-state index is -0.458. The van der Waals surface area contributed by atoms with Crippen LogP contribution in [0.4, 0.5) is 0 Å².